The van der Waals surface area contributed by atoms with Crippen molar-refractivity contribution in [3.63, 3.8) is 0 Å². The highest BCUT2D eigenvalue weighted by Gasteiger charge is 1.93. The SMILES string of the molecule is CCCOc1cncc(C)n1. The topological polar surface area (TPSA) is 35.0 Å². The van der Waals surface area contributed by atoms with E-state index in [1.54, 1.807) is 12.4 Å². The lowest BCUT2D eigenvalue weighted by Crippen LogP contribution is -1.98. The molecule has 1 rings (SSSR count). The summed E-state index contributed by atoms with van der Waals surface area (Å²) in [7, 11) is 0. The third-order valence-electron chi connectivity index (χ3n) is 1.19. The number of aryl methyl sites for hydroxylation is 1. The Morgan fingerprint density at radius 1 is 1.45 bits per heavy atom. The molecule has 0 bridgehead atoms. The number of hydrogen-bond donors (Lipinski definition) is 0. The van der Waals surface area contributed by atoms with Crippen LogP contribution in [0.5, 0.6) is 5.88 Å². The quantitative estimate of drug-likeness (QED) is 0.659. The Morgan fingerprint density at radius 2 is 2.27 bits per heavy atom. The van der Waals surface area contributed by atoms with E-state index < -0.39 is 0 Å². The summed E-state index contributed by atoms with van der Waals surface area (Å²) >= 11 is 0. The molecule has 1 aromatic heterocycles. The third kappa shape index (κ3) is 2.53. The Hall–Kier alpha value is -1.12. The molecule has 0 atom stereocenters. The van der Waals surface area contributed by atoms with Crippen LogP contribution in [0.4, 0.5) is 0 Å². The molecule has 0 N–H and O–H groups in total. The van der Waals surface area contributed by atoms with Crippen molar-refractivity contribution in [1.29, 1.82) is 0 Å². The Balaban J connectivity index is 2.56. The van der Waals surface area contributed by atoms with Gasteiger partial charge in [-0.05, 0) is 13.3 Å². The normalized spacial score (nSPS) is 9.64. The van der Waals surface area contributed by atoms with Crippen LogP contribution in [0.15, 0.2) is 12.4 Å². The van der Waals surface area contributed by atoms with Gasteiger partial charge >= 0.3 is 0 Å². The molecule has 3 heteroatoms. The van der Waals surface area contributed by atoms with Gasteiger partial charge in [0.2, 0.25) is 5.88 Å². The fourth-order valence-electron chi connectivity index (χ4n) is 0.717. The Labute approximate surface area is 66.4 Å². The Morgan fingerprint density at radius 3 is 2.91 bits per heavy atom. The molecule has 60 valence electrons. The lowest BCUT2D eigenvalue weighted by molar-refractivity contribution is 0.303. The highest BCUT2D eigenvalue weighted by atomic mass is 16.5. The zero-order valence-electron chi connectivity index (χ0n) is 6.87. The summed E-state index contributed by atoms with van der Waals surface area (Å²) in [6.45, 7) is 4.66. The van der Waals surface area contributed by atoms with Gasteiger partial charge in [-0.2, -0.15) is 0 Å². The summed E-state index contributed by atoms with van der Waals surface area (Å²) in [5.74, 6) is 0.617. The molecular weight excluding hydrogens is 140 g/mol. The van der Waals surface area contributed by atoms with Crippen molar-refractivity contribution in [2.24, 2.45) is 0 Å². The van der Waals surface area contributed by atoms with Crippen molar-refractivity contribution in [3.05, 3.63) is 18.1 Å². The highest BCUT2D eigenvalue weighted by Crippen LogP contribution is 2.03. The molecule has 0 aromatic carbocycles. The lowest BCUT2D eigenvalue weighted by Gasteiger charge is -2.01. The van der Waals surface area contributed by atoms with Gasteiger partial charge < -0.3 is 4.74 Å². The Kier molecular flexibility index (Phi) is 2.83. The van der Waals surface area contributed by atoms with E-state index in [4.69, 9.17) is 4.74 Å². The van der Waals surface area contributed by atoms with E-state index in [0.29, 0.717) is 12.5 Å². The molecule has 0 aliphatic heterocycles. The molecule has 11 heavy (non-hydrogen) atoms. The van der Waals surface area contributed by atoms with Gasteiger partial charge in [0.15, 0.2) is 0 Å². The van der Waals surface area contributed by atoms with E-state index in [0.717, 1.165) is 12.1 Å². The molecule has 0 saturated heterocycles. The third-order valence-corrected chi connectivity index (χ3v) is 1.19. The van der Waals surface area contributed by atoms with E-state index in [1.165, 1.54) is 0 Å². The van der Waals surface area contributed by atoms with E-state index in [1.807, 2.05) is 6.92 Å². The van der Waals surface area contributed by atoms with Gasteiger partial charge in [0.25, 0.3) is 0 Å². The minimum absolute atomic E-state index is 0.617. The van der Waals surface area contributed by atoms with Crippen LogP contribution in [-0.4, -0.2) is 16.6 Å². The van der Waals surface area contributed by atoms with Crippen molar-refractivity contribution in [2.75, 3.05) is 6.61 Å². The summed E-state index contributed by atoms with van der Waals surface area (Å²) in [4.78, 5) is 8.08. The van der Waals surface area contributed by atoms with Gasteiger partial charge in [-0.1, -0.05) is 6.92 Å². The van der Waals surface area contributed by atoms with Crippen LogP contribution in [0, 0.1) is 6.92 Å². The van der Waals surface area contributed by atoms with Gasteiger partial charge in [0.1, 0.15) is 0 Å². The molecule has 1 heterocycles. The monoisotopic (exact) mass is 152 g/mol. The second-order valence-electron chi connectivity index (χ2n) is 2.35. The van der Waals surface area contributed by atoms with Gasteiger partial charge in [0, 0.05) is 6.20 Å². The predicted molar refractivity (Wildman–Crippen MR) is 42.6 cm³/mol. The number of rotatable bonds is 3. The summed E-state index contributed by atoms with van der Waals surface area (Å²) in [6.07, 6.45) is 4.33. The maximum absolute atomic E-state index is 5.26. The molecule has 0 fully saturated rings. The average molecular weight is 152 g/mol. The van der Waals surface area contributed by atoms with Crippen molar-refractivity contribution in [2.45, 2.75) is 20.3 Å². The fraction of sp³-hybridized carbons (Fsp3) is 0.500. The smallest absolute Gasteiger partial charge is 0.232 e. The average Bonchev–Trinajstić information content (AvgIpc) is 2.01. The standard InChI is InChI=1S/C8H12N2O/c1-3-4-11-8-6-9-5-7(2)10-8/h5-6H,3-4H2,1-2H3. The van der Waals surface area contributed by atoms with Crippen molar-refractivity contribution < 1.29 is 4.74 Å². The first-order chi connectivity index (χ1) is 5.33. The summed E-state index contributed by atoms with van der Waals surface area (Å²) in [5.41, 5.74) is 0.888. The largest absolute Gasteiger partial charge is 0.477 e. The minimum Gasteiger partial charge on any atom is -0.477 e. The number of nitrogens with zero attached hydrogens (tertiary/aromatic N) is 2. The van der Waals surface area contributed by atoms with Gasteiger partial charge in [0.05, 0.1) is 18.5 Å². The van der Waals surface area contributed by atoms with Crippen LogP contribution in [0.1, 0.15) is 19.0 Å². The van der Waals surface area contributed by atoms with Crippen molar-refractivity contribution >= 4 is 0 Å². The van der Waals surface area contributed by atoms with Crippen molar-refractivity contribution in [3.8, 4) is 5.88 Å². The summed E-state index contributed by atoms with van der Waals surface area (Å²) in [5, 5.41) is 0. The molecule has 3 nitrogen and oxygen atoms in total. The van der Waals surface area contributed by atoms with E-state index in [9.17, 15) is 0 Å². The van der Waals surface area contributed by atoms with Crippen LogP contribution >= 0.6 is 0 Å². The van der Waals surface area contributed by atoms with E-state index in [2.05, 4.69) is 16.9 Å². The summed E-state index contributed by atoms with van der Waals surface area (Å²) in [6, 6.07) is 0. The first kappa shape index (κ1) is 7.98. The van der Waals surface area contributed by atoms with Gasteiger partial charge in [-0.15, -0.1) is 0 Å². The van der Waals surface area contributed by atoms with E-state index >= 15 is 0 Å². The minimum atomic E-state index is 0.617. The maximum atomic E-state index is 5.26. The molecule has 0 spiro atoms. The van der Waals surface area contributed by atoms with Crippen LogP contribution in [-0.2, 0) is 0 Å². The zero-order chi connectivity index (χ0) is 8.10. The number of ether oxygens (including phenoxy) is 1. The number of hydrogen-bond acceptors (Lipinski definition) is 3. The second kappa shape index (κ2) is 3.91. The first-order valence-electron chi connectivity index (χ1n) is 3.74. The lowest BCUT2D eigenvalue weighted by atomic mass is 10.5. The van der Waals surface area contributed by atoms with Crippen LogP contribution in [0.2, 0.25) is 0 Å². The molecule has 0 amide bonds. The predicted octanol–water partition coefficient (Wildman–Crippen LogP) is 1.57. The molecule has 0 aliphatic carbocycles. The van der Waals surface area contributed by atoms with Crippen LogP contribution in [0.3, 0.4) is 0 Å². The molecular formula is C8H12N2O. The number of aromatic nitrogens is 2. The Bertz CT molecular complexity index is 225. The van der Waals surface area contributed by atoms with Crippen LogP contribution < -0.4 is 4.74 Å². The summed E-state index contributed by atoms with van der Waals surface area (Å²) < 4.78 is 5.26. The second-order valence-corrected chi connectivity index (χ2v) is 2.35. The molecule has 1 aromatic rings. The molecule has 0 aliphatic rings. The van der Waals surface area contributed by atoms with Crippen LogP contribution in [0.25, 0.3) is 0 Å². The zero-order valence-corrected chi connectivity index (χ0v) is 6.87. The van der Waals surface area contributed by atoms with E-state index in [-0.39, 0.29) is 0 Å². The fourth-order valence-corrected chi connectivity index (χ4v) is 0.717. The molecule has 0 unspecified atom stereocenters. The van der Waals surface area contributed by atoms with Crippen molar-refractivity contribution in [1.82, 2.24) is 9.97 Å². The van der Waals surface area contributed by atoms with Gasteiger partial charge in [-0.3, -0.25) is 4.98 Å². The molecule has 0 radical (unpaired) electrons. The first-order valence-corrected chi connectivity index (χ1v) is 3.74. The molecule has 0 saturated carbocycles. The van der Waals surface area contributed by atoms with Gasteiger partial charge in [-0.25, -0.2) is 4.98 Å². The highest BCUT2D eigenvalue weighted by molar-refractivity contribution is 5.06. The maximum Gasteiger partial charge on any atom is 0.232 e.